The molecule has 0 aliphatic rings. The van der Waals surface area contributed by atoms with E-state index in [0.29, 0.717) is 43.1 Å². The zero-order valence-corrected chi connectivity index (χ0v) is 22.8. The third-order valence-corrected chi connectivity index (χ3v) is 6.88. The molecule has 4 aromatic rings. The average molecular weight is 594 g/mol. The zero-order chi connectivity index (χ0) is 25.1. The van der Waals surface area contributed by atoms with Crippen LogP contribution in [0.4, 0.5) is 0 Å². The van der Waals surface area contributed by atoms with Crippen molar-refractivity contribution in [2.75, 3.05) is 0 Å². The van der Waals surface area contributed by atoms with Gasteiger partial charge in [-0.2, -0.15) is 9.78 Å². The molecule has 1 atom stereocenters. The van der Waals surface area contributed by atoms with Gasteiger partial charge in [0.1, 0.15) is 18.2 Å². The second-order valence-electron chi connectivity index (χ2n) is 8.01. The molecule has 0 bridgehead atoms. The molecule has 9 heteroatoms. The molecular weight excluding hydrogens is 573 g/mol. The number of ether oxygens (including phenoxy) is 1. The Morgan fingerprint density at radius 3 is 2.57 bits per heavy atom. The van der Waals surface area contributed by atoms with E-state index in [1.807, 2.05) is 32.0 Å². The summed E-state index contributed by atoms with van der Waals surface area (Å²) in [5.41, 5.74) is 1.78. The van der Waals surface area contributed by atoms with E-state index in [-0.39, 0.29) is 18.1 Å². The fourth-order valence-corrected chi connectivity index (χ4v) is 4.45. The number of hydrogen-bond acceptors (Lipinski definition) is 4. The quantitative estimate of drug-likeness (QED) is 0.204. The maximum atomic E-state index is 13.4. The minimum Gasteiger partial charge on any atom is -0.488 e. The van der Waals surface area contributed by atoms with Crippen molar-refractivity contribution in [2.45, 2.75) is 32.8 Å². The van der Waals surface area contributed by atoms with E-state index in [9.17, 15) is 4.79 Å². The number of rotatable bonds is 7. The van der Waals surface area contributed by atoms with Crippen molar-refractivity contribution < 1.29 is 4.74 Å². The van der Waals surface area contributed by atoms with Crippen molar-refractivity contribution >= 4 is 67.9 Å². The van der Waals surface area contributed by atoms with Gasteiger partial charge in [0.15, 0.2) is 0 Å². The summed E-state index contributed by atoms with van der Waals surface area (Å²) in [6.45, 7) is 4.28. The highest BCUT2D eigenvalue weighted by Crippen LogP contribution is 2.26. The van der Waals surface area contributed by atoms with E-state index < -0.39 is 0 Å². The van der Waals surface area contributed by atoms with E-state index in [1.165, 1.54) is 4.68 Å². The SMILES string of the molecule is CC[C@H](C)c1nc2ccc(Br)cc2c(=O)n1N=Cc1cc(Cl)ccc1OCc1ccc(Cl)cc1Cl. The third kappa shape index (κ3) is 5.89. The average Bonchev–Trinajstić information content (AvgIpc) is 2.83. The lowest BCUT2D eigenvalue weighted by Gasteiger charge is -2.14. The van der Waals surface area contributed by atoms with Crippen molar-refractivity contribution in [2.24, 2.45) is 5.10 Å². The first kappa shape index (κ1) is 25.7. The smallest absolute Gasteiger partial charge is 0.282 e. The van der Waals surface area contributed by atoms with Crippen LogP contribution >= 0.6 is 50.7 Å². The number of nitrogens with zero attached hydrogens (tertiary/aromatic N) is 3. The first-order valence-corrected chi connectivity index (χ1v) is 12.8. The Balaban J connectivity index is 1.74. The summed E-state index contributed by atoms with van der Waals surface area (Å²) < 4.78 is 8.16. The summed E-state index contributed by atoms with van der Waals surface area (Å²) in [6, 6.07) is 15.9. The second kappa shape index (κ2) is 11.1. The number of fused-ring (bicyclic) bond motifs is 1. The van der Waals surface area contributed by atoms with Crippen molar-refractivity contribution in [3.05, 3.63) is 101 Å². The highest BCUT2D eigenvalue weighted by atomic mass is 79.9. The largest absolute Gasteiger partial charge is 0.488 e. The Labute approximate surface area is 226 Å². The van der Waals surface area contributed by atoms with Crippen molar-refractivity contribution in [1.29, 1.82) is 0 Å². The highest BCUT2D eigenvalue weighted by molar-refractivity contribution is 9.10. The normalized spacial score (nSPS) is 12.4. The summed E-state index contributed by atoms with van der Waals surface area (Å²) in [5, 5.41) is 6.58. The Morgan fingerprint density at radius 2 is 1.83 bits per heavy atom. The fourth-order valence-electron chi connectivity index (χ4n) is 3.44. The van der Waals surface area contributed by atoms with Crippen LogP contribution in [0.2, 0.25) is 15.1 Å². The predicted octanol–water partition coefficient (Wildman–Crippen LogP) is 8.09. The van der Waals surface area contributed by atoms with Gasteiger partial charge in [-0.15, -0.1) is 0 Å². The summed E-state index contributed by atoms with van der Waals surface area (Å²) in [6.07, 6.45) is 2.36. The maximum Gasteiger partial charge on any atom is 0.282 e. The highest BCUT2D eigenvalue weighted by Gasteiger charge is 2.16. The lowest BCUT2D eigenvalue weighted by atomic mass is 10.1. The van der Waals surface area contributed by atoms with Crippen LogP contribution in [0, 0.1) is 0 Å². The third-order valence-electron chi connectivity index (χ3n) is 5.57. The molecule has 0 spiro atoms. The van der Waals surface area contributed by atoms with Crippen LogP contribution in [0.15, 0.2) is 69.0 Å². The van der Waals surface area contributed by atoms with Crippen molar-refractivity contribution in [1.82, 2.24) is 9.66 Å². The van der Waals surface area contributed by atoms with Crippen LogP contribution in [0.1, 0.15) is 43.1 Å². The van der Waals surface area contributed by atoms with Gasteiger partial charge in [0.2, 0.25) is 0 Å². The molecule has 0 saturated carbocycles. The Bertz CT molecular complexity index is 1490. The van der Waals surface area contributed by atoms with Gasteiger partial charge in [-0.05, 0) is 55.0 Å². The monoisotopic (exact) mass is 591 g/mol. The molecule has 35 heavy (non-hydrogen) atoms. The van der Waals surface area contributed by atoms with Crippen molar-refractivity contribution in [3.8, 4) is 5.75 Å². The van der Waals surface area contributed by atoms with E-state index in [1.54, 1.807) is 42.6 Å². The number of halogens is 4. The number of hydrogen-bond donors (Lipinski definition) is 0. The van der Waals surface area contributed by atoms with Gasteiger partial charge in [-0.1, -0.05) is 70.6 Å². The number of aromatic nitrogens is 2. The summed E-state index contributed by atoms with van der Waals surface area (Å²) in [5.74, 6) is 1.15. The van der Waals surface area contributed by atoms with E-state index >= 15 is 0 Å². The molecule has 0 unspecified atom stereocenters. The van der Waals surface area contributed by atoms with Crippen molar-refractivity contribution in [3.63, 3.8) is 0 Å². The number of benzene rings is 3. The molecule has 3 aromatic carbocycles. The van der Waals surface area contributed by atoms with Gasteiger partial charge in [-0.3, -0.25) is 4.79 Å². The van der Waals surface area contributed by atoms with Gasteiger partial charge in [-0.25, -0.2) is 4.98 Å². The molecule has 0 aliphatic heterocycles. The predicted molar refractivity (Wildman–Crippen MR) is 148 cm³/mol. The Kier molecular flexibility index (Phi) is 8.17. The molecular formula is C26H21BrCl3N3O2. The van der Waals surface area contributed by atoms with E-state index in [2.05, 4.69) is 21.0 Å². The molecule has 0 radical (unpaired) electrons. The van der Waals surface area contributed by atoms with Gasteiger partial charge < -0.3 is 4.74 Å². The van der Waals surface area contributed by atoms with Crippen LogP contribution in [0.25, 0.3) is 10.9 Å². The summed E-state index contributed by atoms with van der Waals surface area (Å²) in [7, 11) is 0. The van der Waals surface area contributed by atoms with E-state index in [0.717, 1.165) is 16.5 Å². The first-order chi connectivity index (χ1) is 16.8. The second-order valence-corrected chi connectivity index (χ2v) is 10.2. The summed E-state index contributed by atoms with van der Waals surface area (Å²) >= 11 is 21.9. The molecule has 0 N–H and O–H groups in total. The van der Waals surface area contributed by atoms with E-state index in [4.69, 9.17) is 44.5 Å². The van der Waals surface area contributed by atoms with Gasteiger partial charge in [0.05, 0.1) is 17.1 Å². The molecule has 0 saturated heterocycles. The van der Waals surface area contributed by atoms with Crippen LogP contribution in [-0.2, 0) is 6.61 Å². The van der Waals surface area contributed by atoms with Crippen LogP contribution in [0.3, 0.4) is 0 Å². The molecule has 0 aliphatic carbocycles. The molecule has 5 nitrogen and oxygen atoms in total. The zero-order valence-electron chi connectivity index (χ0n) is 18.9. The first-order valence-electron chi connectivity index (χ1n) is 10.9. The molecule has 1 heterocycles. The van der Waals surface area contributed by atoms with Gasteiger partial charge in [0.25, 0.3) is 5.56 Å². The topological polar surface area (TPSA) is 56.5 Å². The lowest BCUT2D eigenvalue weighted by Crippen LogP contribution is -2.23. The maximum absolute atomic E-state index is 13.4. The Morgan fingerprint density at radius 1 is 1.09 bits per heavy atom. The minimum absolute atomic E-state index is 0.0232. The lowest BCUT2D eigenvalue weighted by molar-refractivity contribution is 0.306. The molecule has 0 fully saturated rings. The fraction of sp³-hybridized carbons (Fsp3) is 0.192. The molecule has 4 rings (SSSR count). The van der Waals surface area contributed by atoms with Crippen LogP contribution in [0.5, 0.6) is 5.75 Å². The van der Waals surface area contributed by atoms with Gasteiger partial charge >= 0.3 is 0 Å². The van der Waals surface area contributed by atoms with Crippen LogP contribution < -0.4 is 10.3 Å². The standard InChI is InChI=1S/C26H21BrCl3N3O2/c1-3-15(2)25-32-23-8-5-18(27)11-21(23)26(34)33(25)31-13-17-10-19(28)7-9-24(17)35-14-16-4-6-20(29)12-22(16)30/h4-13,15H,3,14H2,1-2H3/t15-/m0/s1. The minimum atomic E-state index is -0.250. The van der Waals surface area contributed by atoms with Gasteiger partial charge in [0, 0.05) is 36.6 Å². The summed E-state index contributed by atoms with van der Waals surface area (Å²) in [4.78, 5) is 18.1. The molecule has 0 amide bonds. The molecule has 1 aromatic heterocycles. The molecule has 180 valence electrons. The Hall–Kier alpha value is -2.38. The van der Waals surface area contributed by atoms with Crippen LogP contribution in [-0.4, -0.2) is 15.9 Å².